The van der Waals surface area contributed by atoms with Crippen LogP contribution in [0.3, 0.4) is 0 Å². The maximum Gasteiger partial charge on any atom is 0.319 e. The van der Waals surface area contributed by atoms with Gasteiger partial charge >= 0.3 is 6.03 Å². The molecular weight excluding hydrogens is 405 g/mol. The molecule has 1 heterocycles. The van der Waals surface area contributed by atoms with Crippen molar-refractivity contribution in [1.82, 2.24) is 10.2 Å². The van der Waals surface area contributed by atoms with Crippen molar-refractivity contribution in [1.29, 1.82) is 0 Å². The van der Waals surface area contributed by atoms with E-state index in [4.69, 9.17) is 4.74 Å². The predicted molar refractivity (Wildman–Crippen MR) is 116 cm³/mol. The molecule has 30 heavy (non-hydrogen) atoms. The third kappa shape index (κ3) is 6.13. The molecule has 160 valence electrons. The molecule has 6 nitrogen and oxygen atoms in total. The summed E-state index contributed by atoms with van der Waals surface area (Å²) < 4.78 is 18.1. The highest BCUT2D eigenvalue weighted by molar-refractivity contribution is 8.00. The van der Waals surface area contributed by atoms with Gasteiger partial charge < -0.3 is 20.3 Å². The summed E-state index contributed by atoms with van der Waals surface area (Å²) in [6.07, 6.45) is 1.39. The molecule has 1 aliphatic rings. The Labute approximate surface area is 180 Å². The first-order chi connectivity index (χ1) is 14.4. The van der Waals surface area contributed by atoms with Crippen molar-refractivity contribution in [2.75, 3.05) is 25.5 Å². The van der Waals surface area contributed by atoms with Gasteiger partial charge in [-0.15, -0.1) is 11.8 Å². The number of likely N-dealkylation sites (tertiary alicyclic amines) is 1. The molecule has 1 fully saturated rings. The molecule has 1 saturated heterocycles. The number of amides is 3. The number of benzene rings is 2. The molecule has 2 N–H and O–H groups in total. The molecule has 0 aromatic heterocycles. The lowest BCUT2D eigenvalue weighted by Gasteiger charge is -2.33. The maximum atomic E-state index is 12.9. The largest absolute Gasteiger partial charge is 0.497 e. The molecule has 8 heteroatoms. The molecule has 0 saturated carbocycles. The van der Waals surface area contributed by atoms with Crippen molar-refractivity contribution in [3.63, 3.8) is 0 Å². The number of hydrogen-bond donors (Lipinski definition) is 2. The number of rotatable bonds is 6. The SMILES string of the molecule is COc1ccc(SC(C)C(=O)N2CCC(NC(=O)Nc3ccc(F)cc3)CC2)cc1. The number of anilines is 1. The second-order valence-corrected chi connectivity index (χ2v) is 8.55. The van der Waals surface area contributed by atoms with Crippen LogP contribution < -0.4 is 15.4 Å². The number of thioether (sulfide) groups is 1. The maximum absolute atomic E-state index is 12.9. The first kappa shape index (κ1) is 22.0. The van der Waals surface area contributed by atoms with Gasteiger partial charge in [0.05, 0.1) is 12.4 Å². The van der Waals surface area contributed by atoms with Gasteiger partial charge in [0.15, 0.2) is 0 Å². The topological polar surface area (TPSA) is 70.7 Å². The van der Waals surface area contributed by atoms with E-state index in [-0.39, 0.29) is 29.0 Å². The minimum atomic E-state index is -0.350. The Morgan fingerprint density at radius 3 is 2.33 bits per heavy atom. The van der Waals surface area contributed by atoms with E-state index in [1.807, 2.05) is 36.1 Å². The number of nitrogens with one attached hydrogen (secondary N) is 2. The van der Waals surface area contributed by atoms with E-state index in [0.29, 0.717) is 31.6 Å². The van der Waals surface area contributed by atoms with Crippen LogP contribution in [0.1, 0.15) is 19.8 Å². The van der Waals surface area contributed by atoms with E-state index >= 15 is 0 Å². The summed E-state index contributed by atoms with van der Waals surface area (Å²) in [4.78, 5) is 27.8. The smallest absolute Gasteiger partial charge is 0.319 e. The molecule has 3 amide bonds. The lowest BCUT2D eigenvalue weighted by Crippen LogP contribution is -2.49. The molecule has 0 spiro atoms. The fraction of sp³-hybridized carbons (Fsp3) is 0.364. The summed E-state index contributed by atoms with van der Waals surface area (Å²) in [5.74, 6) is 0.541. The van der Waals surface area contributed by atoms with Gasteiger partial charge in [0.1, 0.15) is 11.6 Å². The molecular formula is C22H26FN3O3S. The third-order valence-corrected chi connectivity index (χ3v) is 6.06. The lowest BCUT2D eigenvalue weighted by atomic mass is 10.0. The highest BCUT2D eigenvalue weighted by atomic mass is 32.2. The van der Waals surface area contributed by atoms with E-state index in [9.17, 15) is 14.0 Å². The Morgan fingerprint density at radius 1 is 1.10 bits per heavy atom. The summed E-state index contributed by atoms with van der Waals surface area (Å²) in [6, 6.07) is 13.0. The van der Waals surface area contributed by atoms with Gasteiger partial charge in [-0.25, -0.2) is 9.18 Å². The molecule has 1 unspecified atom stereocenters. The number of carbonyl (C=O) groups is 2. The van der Waals surface area contributed by atoms with Crippen LogP contribution in [-0.4, -0.2) is 48.3 Å². The summed E-state index contributed by atoms with van der Waals surface area (Å²) >= 11 is 1.52. The number of halogens is 1. The number of methoxy groups -OCH3 is 1. The number of piperidine rings is 1. The average molecular weight is 432 g/mol. The lowest BCUT2D eigenvalue weighted by molar-refractivity contribution is -0.131. The second-order valence-electron chi connectivity index (χ2n) is 7.14. The van der Waals surface area contributed by atoms with Crippen LogP contribution in [0.5, 0.6) is 5.75 Å². The second kappa shape index (κ2) is 10.3. The minimum Gasteiger partial charge on any atom is -0.497 e. The van der Waals surface area contributed by atoms with Gasteiger partial charge in [-0.2, -0.15) is 0 Å². The Morgan fingerprint density at radius 2 is 1.73 bits per heavy atom. The fourth-order valence-corrected chi connectivity index (χ4v) is 4.25. The monoisotopic (exact) mass is 431 g/mol. The zero-order valence-corrected chi connectivity index (χ0v) is 17.9. The third-order valence-electron chi connectivity index (χ3n) is 4.96. The first-order valence-electron chi connectivity index (χ1n) is 9.87. The van der Waals surface area contributed by atoms with Crippen LogP contribution in [0.25, 0.3) is 0 Å². The number of carbonyl (C=O) groups excluding carboxylic acids is 2. The van der Waals surface area contributed by atoms with Gasteiger partial charge in [-0.3, -0.25) is 4.79 Å². The van der Waals surface area contributed by atoms with Crippen molar-refractivity contribution in [2.45, 2.75) is 36.0 Å². The molecule has 2 aromatic carbocycles. The summed E-state index contributed by atoms with van der Waals surface area (Å²) in [7, 11) is 1.62. The number of ether oxygens (including phenoxy) is 1. The fourth-order valence-electron chi connectivity index (χ4n) is 3.30. The Kier molecular flexibility index (Phi) is 7.57. The normalized spacial score (nSPS) is 15.4. The Bertz CT molecular complexity index is 853. The molecule has 2 aromatic rings. The highest BCUT2D eigenvalue weighted by Crippen LogP contribution is 2.27. The number of hydrogen-bond acceptors (Lipinski definition) is 4. The van der Waals surface area contributed by atoms with Gasteiger partial charge in [0.25, 0.3) is 0 Å². The highest BCUT2D eigenvalue weighted by Gasteiger charge is 2.27. The predicted octanol–water partition coefficient (Wildman–Crippen LogP) is 4.13. The van der Waals surface area contributed by atoms with Crippen molar-refractivity contribution in [2.24, 2.45) is 0 Å². The van der Waals surface area contributed by atoms with Crippen LogP contribution >= 0.6 is 11.8 Å². The van der Waals surface area contributed by atoms with Crippen molar-refractivity contribution in [3.8, 4) is 5.75 Å². The summed E-state index contributed by atoms with van der Waals surface area (Å²) in [5, 5.41) is 5.43. The van der Waals surface area contributed by atoms with Crippen LogP contribution in [-0.2, 0) is 4.79 Å². The van der Waals surface area contributed by atoms with E-state index in [1.165, 1.54) is 36.0 Å². The zero-order chi connectivity index (χ0) is 21.5. The number of urea groups is 1. The molecule has 0 radical (unpaired) electrons. The van der Waals surface area contributed by atoms with Gasteiger partial charge in [-0.05, 0) is 68.3 Å². The Hall–Kier alpha value is -2.74. The average Bonchev–Trinajstić information content (AvgIpc) is 2.76. The van der Waals surface area contributed by atoms with Crippen LogP contribution in [0.4, 0.5) is 14.9 Å². The molecule has 1 aliphatic heterocycles. The molecule has 0 aliphatic carbocycles. The quantitative estimate of drug-likeness (QED) is 0.675. The van der Waals surface area contributed by atoms with Crippen molar-refractivity contribution in [3.05, 3.63) is 54.3 Å². The molecule has 3 rings (SSSR count). The molecule has 1 atom stereocenters. The zero-order valence-electron chi connectivity index (χ0n) is 17.1. The first-order valence-corrected chi connectivity index (χ1v) is 10.7. The van der Waals surface area contributed by atoms with Gasteiger partial charge in [0.2, 0.25) is 5.91 Å². The number of nitrogens with zero attached hydrogens (tertiary/aromatic N) is 1. The summed E-state index contributed by atoms with van der Waals surface area (Å²) in [5.41, 5.74) is 0.533. The Balaban J connectivity index is 1.42. The van der Waals surface area contributed by atoms with Crippen LogP contribution in [0, 0.1) is 5.82 Å². The molecule has 0 bridgehead atoms. The van der Waals surface area contributed by atoms with Crippen LogP contribution in [0.15, 0.2) is 53.4 Å². The van der Waals surface area contributed by atoms with Gasteiger partial charge in [-0.1, -0.05) is 0 Å². The van der Waals surface area contributed by atoms with Crippen LogP contribution in [0.2, 0.25) is 0 Å². The van der Waals surface area contributed by atoms with E-state index in [2.05, 4.69) is 10.6 Å². The van der Waals surface area contributed by atoms with E-state index in [0.717, 1.165) is 10.6 Å². The summed E-state index contributed by atoms with van der Waals surface area (Å²) in [6.45, 7) is 3.12. The van der Waals surface area contributed by atoms with E-state index < -0.39 is 0 Å². The van der Waals surface area contributed by atoms with Crippen molar-refractivity contribution >= 4 is 29.4 Å². The van der Waals surface area contributed by atoms with Crippen molar-refractivity contribution < 1.29 is 18.7 Å². The van der Waals surface area contributed by atoms with E-state index in [1.54, 1.807) is 7.11 Å². The van der Waals surface area contributed by atoms with Gasteiger partial charge in [0, 0.05) is 29.7 Å². The minimum absolute atomic E-state index is 0.000884. The standard InChI is InChI=1S/C22H26FN3O3S/c1-15(30-20-9-7-19(29-2)8-10-20)21(27)26-13-11-18(12-14-26)25-22(28)24-17-5-3-16(23)4-6-17/h3-10,15,18H,11-14H2,1-2H3,(H2,24,25,28).